The topological polar surface area (TPSA) is 15.3 Å². The minimum absolute atomic E-state index is 0.0482. The molecule has 0 aromatic carbocycles. The number of hydrogen-bond acceptors (Lipinski definition) is 3. The van der Waals surface area contributed by atoms with Crippen molar-refractivity contribution in [2.75, 3.05) is 38.5 Å². The highest BCUT2D eigenvalue weighted by molar-refractivity contribution is 8.00. The SMILES string of the molecule is CCN1CCC(CNCCSC(F)(F)F)C1. The van der Waals surface area contributed by atoms with Crippen LogP contribution in [0.5, 0.6) is 0 Å². The fourth-order valence-electron chi connectivity index (χ4n) is 1.91. The highest BCUT2D eigenvalue weighted by Crippen LogP contribution is 2.29. The molecule has 0 bridgehead atoms. The van der Waals surface area contributed by atoms with Gasteiger partial charge in [-0.1, -0.05) is 6.92 Å². The average Bonchev–Trinajstić information content (AvgIpc) is 2.63. The summed E-state index contributed by atoms with van der Waals surface area (Å²) in [5.74, 6) is 0.712. The third-order valence-corrected chi connectivity index (χ3v) is 3.53. The zero-order chi connectivity index (χ0) is 12.0. The molecule has 1 N–H and O–H groups in total. The lowest BCUT2D eigenvalue weighted by atomic mass is 10.1. The minimum Gasteiger partial charge on any atom is -0.316 e. The number of hydrogen-bond donors (Lipinski definition) is 1. The van der Waals surface area contributed by atoms with Crippen LogP contribution in [0, 0.1) is 5.92 Å². The summed E-state index contributed by atoms with van der Waals surface area (Å²) >= 11 is 0.0482. The number of thioether (sulfide) groups is 1. The summed E-state index contributed by atoms with van der Waals surface area (Å²) in [6.45, 7) is 6.69. The van der Waals surface area contributed by atoms with Gasteiger partial charge in [0.15, 0.2) is 0 Å². The second-order valence-electron chi connectivity index (χ2n) is 4.05. The van der Waals surface area contributed by atoms with E-state index in [0.717, 1.165) is 32.6 Å². The molecule has 1 fully saturated rings. The van der Waals surface area contributed by atoms with Crippen molar-refractivity contribution in [1.29, 1.82) is 0 Å². The predicted octanol–water partition coefficient (Wildman–Crippen LogP) is 2.17. The van der Waals surface area contributed by atoms with Crippen molar-refractivity contribution >= 4 is 11.8 Å². The number of alkyl halides is 3. The van der Waals surface area contributed by atoms with Crippen molar-refractivity contribution in [3.8, 4) is 0 Å². The largest absolute Gasteiger partial charge is 0.441 e. The third kappa shape index (κ3) is 5.96. The van der Waals surface area contributed by atoms with Crippen LogP contribution in [0.15, 0.2) is 0 Å². The summed E-state index contributed by atoms with van der Waals surface area (Å²) < 4.78 is 35.4. The fourth-order valence-corrected chi connectivity index (χ4v) is 2.39. The summed E-state index contributed by atoms with van der Waals surface area (Å²) in [5.41, 5.74) is -4.09. The first-order valence-corrected chi connectivity index (χ1v) is 6.63. The lowest BCUT2D eigenvalue weighted by Crippen LogP contribution is -2.28. The van der Waals surface area contributed by atoms with Crippen LogP contribution in [0.4, 0.5) is 13.2 Å². The number of halogens is 3. The second kappa shape index (κ2) is 6.71. The molecule has 0 saturated carbocycles. The van der Waals surface area contributed by atoms with E-state index in [2.05, 4.69) is 17.1 Å². The molecule has 1 atom stereocenters. The standard InChI is InChI=1S/C10H19F3N2S/c1-2-15-5-3-9(8-15)7-14-4-6-16-10(11,12)13/h9,14H,2-8H2,1H3. The molecule has 0 aliphatic carbocycles. The smallest absolute Gasteiger partial charge is 0.316 e. The van der Waals surface area contributed by atoms with Gasteiger partial charge in [0.1, 0.15) is 0 Å². The number of rotatable bonds is 6. The van der Waals surface area contributed by atoms with Gasteiger partial charge in [-0.3, -0.25) is 0 Å². The van der Waals surface area contributed by atoms with Crippen molar-refractivity contribution in [2.45, 2.75) is 18.9 Å². The maximum absolute atomic E-state index is 11.8. The highest BCUT2D eigenvalue weighted by Gasteiger charge is 2.27. The fraction of sp³-hybridized carbons (Fsp3) is 1.00. The first-order valence-electron chi connectivity index (χ1n) is 5.65. The average molecular weight is 256 g/mol. The first-order chi connectivity index (χ1) is 7.51. The molecule has 0 aromatic heterocycles. The molecule has 16 heavy (non-hydrogen) atoms. The Balaban J connectivity index is 1.96. The molecule has 0 aromatic rings. The molecule has 0 radical (unpaired) electrons. The van der Waals surface area contributed by atoms with Gasteiger partial charge in [0.05, 0.1) is 0 Å². The lowest BCUT2D eigenvalue weighted by Gasteiger charge is -2.13. The molecule has 6 heteroatoms. The van der Waals surface area contributed by atoms with Gasteiger partial charge in [-0.25, -0.2) is 0 Å². The van der Waals surface area contributed by atoms with Gasteiger partial charge in [-0.15, -0.1) is 0 Å². The van der Waals surface area contributed by atoms with Gasteiger partial charge >= 0.3 is 5.51 Å². The van der Waals surface area contributed by atoms with E-state index in [0.29, 0.717) is 12.5 Å². The second-order valence-corrected chi connectivity index (χ2v) is 5.21. The maximum atomic E-state index is 11.8. The summed E-state index contributed by atoms with van der Waals surface area (Å²) in [6.07, 6.45) is 1.16. The lowest BCUT2D eigenvalue weighted by molar-refractivity contribution is -0.0327. The Morgan fingerprint density at radius 3 is 2.75 bits per heavy atom. The molecule has 2 nitrogen and oxygen atoms in total. The van der Waals surface area contributed by atoms with Gasteiger partial charge < -0.3 is 10.2 Å². The Morgan fingerprint density at radius 1 is 1.44 bits per heavy atom. The Bertz CT molecular complexity index is 199. The summed E-state index contributed by atoms with van der Waals surface area (Å²) in [7, 11) is 0. The van der Waals surface area contributed by atoms with Crippen LogP contribution in [0.2, 0.25) is 0 Å². The van der Waals surface area contributed by atoms with Gasteiger partial charge in [0, 0.05) is 18.8 Å². The van der Waals surface area contributed by atoms with E-state index in [-0.39, 0.29) is 17.5 Å². The molecule has 1 aliphatic heterocycles. The van der Waals surface area contributed by atoms with Crippen LogP contribution in [0.25, 0.3) is 0 Å². The van der Waals surface area contributed by atoms with Crippen molar-refractivity contribution < 1.29 is 13.2 Å². The van der Waals surface area contributed by atoms with Crippen LogP contribution in [-0.4, -0.2) is 48.9 Å². The van der Waals surface area contributed by atoms with Gasteiger partial charge in [0.25, 0.3) is 0 Å². The minimum atomic E-state index is -4.09. The normalized spacial score (nSPS) is 22.9. The monoisotopic (exact) mass is 256 g/mol. The molecule has 96 valence electrons. The van der Waals surface area contributed by atoms with Crippen LogP contribution < -0.4 is 5.32 Å². The maximum Gasteiger partial charge on any atom is 0.441 e. The van der Waals surface area contributed by atoms with E-state index in [1.54, 1.807) is 0 Å². The molecule has 1 heterocycles. The highest BCUT2D eigenvalue weighted by atomic mass is 32.2. The molecule has 1 saturated heterocycles. The van der Waals surface area contributed by atoms with Crippen molar-refractivity contribution in [3.63, 3.8) is 0 Å². The Labute approximate surface area is 98.9 Å². The van der Waals surface area contributed by atoms with Gasteiger partial charge in [-0.05, 0) is 43.7 Å². The summed E-state index contributed by atoms with van der Waals surface area (Å²) in [6, 6.07) is 0. The van der Waals surface area contributed by atoms with Gasteiger partial charge in [-0.2, -0.15) is 13.2 Å². The quantitative estimate of drug-likeness (QED) is 0.733. The van der Waals surface area contributed by atoms with Crippen molar-refractivity contribution in [3.05, 3.63) is 0 Å². The van der Waals surface area contributed by atoms with Crippen LogP contribution >= 0.6 is 11.8 Å². The molecular formula is C10H19F3N2S. The zero-order valence-corrected chi connectivity index (χ0v) is 10.3. The predicted molar refractivity (Wildman–Crippen MR) is 61.6 cm³/mol. The van der Waals surface area contributed by atoms with E-state index in [9.17, 15) is 13.2 Å². The molecule has 1 aliphatic rings. The Morgan fingerprint density at radius 2 is 2.19 bits per heavy atom. The molecular weight excluding hydrogens is 237 g/mol. The zero-order valence-electron chi connectivity index (χ0n) is 9.52. The Kier molecular flexibility index (Phi) is 5.92. The molecule has 0 amide bonds. The van der Waals surface area contributed by atoms with Crippen LogP contribution in [0.3, 0.4) is 0 Å². The van der Waals surface area contributed by atoms with Crippen molar-refractivity contribution in [2.24, 2.45) is 5.92 Å². The number of likely N-dealkylation sites (tertiary alicyclic amines) is 1. The van der Waals surface area contributed by atoms with E-state index in [1.807, 2.05) is 0 Å². The van der Waals surface area contributed by atoms with E-state index in [4.69, 9.17) is 0 Å². The van der Waals surface area contributed by atoms with Crippen LogP contribution in [-0.2, 0) is 0 Å². The molecule has 1 unspecified atom stereocenters. The Hall–Kier alpha value is 0.0600. The number of nitrogens with one attached hydrogen (secondary N) is 1. The van der Waals surface area contributed by atoms with E-state index >= 15 is 0 Å². The summed E-state index contributed by atoms with van der Waals surface area (Å²) in [5, 5.41) is 3.10. The van der Waals surface area contributed by atoms with Crippen molar-refractivity contribution in [1.82, 2.24) is 10.2 Å². The first kappa shape index (κ1) is 14.1. The third-order valence-electron chi connectivity index (χ3n) is 2.79. The number of nitrogens with zero attached hydrogens (tertiary/aromatic N) is 1. The van der Waals surface area contributed by atoms with E-state index < -0.39 is 5.51 Å². The van der Waals surface area contributed by atoms with Crippen LogP contribution in [0.1, 0.15) is 13.3 Å². The summed E-state index contributed by atoms with van der Waals surface area (Å²) in [4.78, 5) is 2.37. The molecule has 1 rings (SSSR count). The molecule has 0 spiro atoms. The van der Waals surface area contributed by atoms with E-state index in [1.165, 1.54) is 0 Å². The van der Waals surface area contributed by atoms with Gasteiger partial charge in [0.2, 0.25) is 0 Å².